The van der Waals surface area contributed by atoms with E-state index in [0.29, 0.717) is 0 Å². The largest absolute Gasteiger partial charge is 1.00 e. The van der Waals surface area contributed by atoms with Gasteiger partial charge in [0.25, 0.3) is 0 Å². The van der Waals surface area contributed by atoms with Crippen LogP contribution < -0.4 is 17.0 Å². The molecule has 0 aromatic carbocycles. The minimum atomic E-state index is 0. The number of unbranched alkanes of at least 4 members (excludes halogenated alkanes) is 12. The van der Waals surface area contributed by atoms with Crippen molar-refractivity contribution >= 4 is 0 Å². The van der Waals surface area contributed by atoms with E-state index in [1.54, 1.807) is 0 Å². The van der Waals surface area contributed by atoms with Gasteiger partial charge in [-0.15, -0.1) is 0 Å². The molecule has 0 spiro atoms. The fourth-order valence-electron chi connectivity index (χ4n) is 3.65. The predicted octanol–water partition coefficient (Wildman–Crippen LogP) is 4.88. The summed E-state index contributed by atoms with van der Waals surface area (Å²) in [5.41, 5.74) is 0. The van der Waals surface area contributed by atoms with Crippen molar-refractivity contribution in [2.45, 2.75) is 118 Å². The van der Waals surface area contributed by atoms with Gasteiger partial charge in [-0.3, -0.25) is 0 Å². The molecule has 0 amide bonds. The first-order valence-corrected chi connectivity index (χ1v) is 12.3. The lowest BCUT2D eigenvalue weighted by Gasteiger charge is -2.35. The molecule has 0 aromatic heterocycles. The second kappa shape index (κ2) is 23.4. The topological polar surface area (TPSA) is 9.23 Å². The zero-order valence-electron chi connectivity index (χ0n) is 19.8. The fourth-order valence-corrected chi connectivity index (χ4v) is 3.65. The van der Waals surface area contributed by atoms with Gasteiger partial charge >= 0.3 is 0 Å². The van der Waals surface area contributed by atoms with Crippen molar-refractivity contribution in [2.75, 3.05) is 33.0 Å². The molecule has 0 fully saturated rings. The van der Waals surface area contributed by atoms with Crippen LogP contribution in [-0.2, 0) is 4.74 Å². The first-order valence-electron chi connectivity index (χ1n) is 12.3. The van der Waals surface area contributed by atoms with Crippen LogP contribution in [0, 0.1) is 0 Å². The number of hydrogen-bond acceptors (Lipinski definition) is 1. The van der Waals surface area contributed by atoms with Crippen LogP contribution in [0.4, 0.5) is 0 Å². The van der Waals surface area contributed by atoms with Crippen LogP contribution in [0.3, 0.4) is 0 Å². The number of rotatable bonds is 21. The lowest BCUT2D eigenvalue weighted by atomic mass is 10.1. The Morgan fingerprint density at radius 3 is 1.46 bits per heavy atom. The van der Waals surface area contributed by atoms with Crippen LogP contribution in [0.25, 0.3) is 0 Å². The van der Waals surface area contributed by atoms with Crippen LogP contribution in [0.15, 0.2) is 12.2 Å². The van der Waals surface area contributed by atoms with Gasteiger partial charge in [0.1, 0.15) is 0 Å². The third-order valence-electron chi connectivity index (χ3n) is 6.18. The van der Waals surface area contributed by atoms with E-state index in [4.69, 9.17) is 4.74 Å². The van der Waals surface area contributed by atoms with E-state index in [9.17, 15) is 0 Å². The number of ether oxygens (including phenoxy) is 1. The van der Waals surface area contributed by atoms with E-state index in [1.807, 2.05) is 0 Å². The van der Waals surface area contributed by atoms with E-state index >= 15 is 0 Å². The number of hydrogen-bond donors (Lipinski definition) is 0. The molecule has 0 heterocycles. The van der Waals surface area contributed by atoms with Gasteiger partial charge in [0.05, 0.1) is 26.2 Å². The van der Waals surface area contributed by atoms with Gasteiger partial charge in [-0.2, -0.15) is 0 Å². The molecular formula is C25H52BrNO. The summed E-state index contributed by atoms with van der Waals surface area (Å²) >= 11 is 0. The van der Waals surface area contributed by atoms with E-state index in [2.05, 4.69) is 39.8 Å². The maximum Gasteiger partial charge on any atom is 0.183 e. The van der Waals surface area contributed by atoms with Crippen LogP contribution in [0.1, 0.15) is 118 Å². The summed E-state index contributed by atoms with van der Waals surface area (Å²) in [5, 5.41) is 0. The normalized spacial score (nSPS) is 11.9. The standard InChI is InChI=1S/C25H52NO.BrH/c1-5-9-10-11-12-13-14-15-16-17-18-19-20-21-22-23-24-27-25-26(6-2,7-3)8-4;/h15-16H,5-14,17-25H2,1-4H3;1H/q+1;/p-1. The summed E-state index contributed by atoms with van der Waals surface area (Å²) in [6.07, 6.45) is 23.9. The van der Waals surface area contributed by atoms with E-state index in [1.165, 1.54) is 110 Å². The zero-order valence-corrected chi connectivity index (χ0v) is 21.4. The highest BCUT2D eigenvalue weighted by Crippen LogP contribution is 2.11. The SMILES string of the molecule is CCCCCCCCC=CCCCCCCCCOC[N+](CC)(CC)CC.[Br-]. The molecule has 0 saturated carbocycles. The van der Waals surface area contributed by atoms with Crippen molar-refractivity contribution in [1.82, 2.24) is 0 Å². The molecule has 0 aliphatic heterocycles. The number of nitrogens with zero attached hydrogens (tertiary/aromatic N) is 1. The number of halogens is 1. The molecule has 0 saturated heterocycles. The molecule has 2 nitrogen and oxygen atoms in total. The van der Waals surface area contributed by atoms with Crippen LogP contribution in [-0.4, -0.2) is 37.5 Å². The maximum absolute atomic E-state index is 5.95. The Labute approximate surface area is 188 Å². The van der Waals surface area contributed by atoms with Crippen molar-refractivity contribution in [3.8, 4) is 0 Å². The second-order valence-corrected chi connectivity index (χ2v) is 8.27. The van der Waals surface area contributed by atoms with E-state index < -0.39 is 0 Å². The van der Waals surface area contributed by atoms with Gasteiger partial charge in [0.15, 0.2) is 6.73 Å². The average Bonchev–Trinajstić information content (AvgIpc) is 2.70. The summed E-state index contributed by atoms with van der Waals surface area (Å²) in [6, 6.07) is 0. The smallest absolute Gasteiger partial charge is 0.183 e. The fraction of sp³-hybridized carbons (Fsp3) is 0.920. The lowest BCUT2D eigenvalue weighted by molar-refractivity contribution is -0.941. The van der Waals surface area contributed by atoms with Gasteiger partial charge in [-0.05, 0) is 52.9 Å². The maximum atomic E-state index is 5.95. The Morgan fingerprint density at radius 1 is 0.571 bits per heavy atom. The number of quaternary nitrogens is 1. The summed E-state index contributed by atoms with van der Waals surface area (Å²) in [4.78, 5) is 0. The molecule has 170 valence electrons. The van der Waals surface area contributed by atoms with Crippen molar-refractivity contribution < 1.29 is 26.2 Å². The minimum absolute atomic E-state index is 0. The minimum Gasteiger partial charge on any atom is -1.00 e. The summed E-state index contributed by atoms with van der Waals surface area (Å²) in [6.45, 7) is 14.5. The van der Waals surface area contributed by atoms with Gasteiger partial charge in [0, 0.05) is 0 Å². The lowest BCUT2D eigenvalue weighted by Crippen LogP contribution is -3.00. The molecule has 0 unspecified atom stereocenters. The van der Waals surface area contributed by atoms with Gasteiger partial charge in [0.2, 0.25) is 0 Å². The Balaban J connectivity index is 0. The molecular weight excluding hydrogens is 410 g/mol. The molecule has 0 N–H and O–H groups in total. The molecule has 3 heteroatoms. The first-order chi connectivity index (χ1) is 13.2. The predicted molar refractivity (Wildman–Crippen MR) is 122 cm³/mol. The van der Waals surface area contributed by atoms with Crippen molar-refractivity contribution in [3.63, 3.8) is 0 Å². The van der Waals surface area contributed by atoms with E-state index in [0.717, 1.165) is 17.8 Å². The molecule has 0 atom stereocenters. The highest BCUT2D eigenvalue weighted by molar-refractivity contribution is 4.81. The number of allylic oxidation sites excluding steroid dienone is 2. The molecule has 0 bridgehead atoms. The Hall–Kier alpha value is 0.140. The average molecular weight is 463 g/mol. The Kier molecular flexibility index (Phi) is 25.4. The molecule has 0 aromatic rings. The van der Waals surface area contributed by atoms with Crippen LogP contribution in [0.2, 0.25) is 0 Å². The Morgan fingerprint density at radius 2 is 1.00 bits per heavy atom. The van der Waals surface area contributed by atoms with E-state index in [-0.39, 0.29) is 17.0 Å². The highest BCUT2D eigenvalue weighted by Gasteiger charge is 2.20. The summed E-state index contributed by atoms with van der Waals surface area (Å²) < 4.78 is 7.06. The monoisotopic (exact) mass is 461 g/mol. The Bertz CT molecular complexity index is 307. The molecule has 0 rings (SSSR count). The third-order valence-corrected chi connectivity index (χ3v) is 6.18. The van der Waals surface area contributed by atoms with Crippen molar-refractivity contribution in [2.24, 2.45) is 0 Å². The second-order valence-electron chi connectivity index (χ2n) is 8.27. The summed E-state index contributed by atoms with van der Waals surface area (Å²) in [7, 11) is 0. The third kappa shape index (κ3) is 18.2. The molecule has 0 aliphatic rings. The van der Waals surface area contributed by atoms with Gasteiger partial charge in [-0.25, -0.2) is 0 Å². The molecule has 28 heavy (non-hydrogen) atoms. The van der Waals surface area contributed by atoms with Gasteiger partial charge < -0.3 is 26.2 Å². The van der Waals surface area contributed by atoms with Crippen molar-refractivity contribution in [3.05, 3.63) is 12.2 Å². The molecule has 0 radical (unpaired) electrons. The van der Waals surface area contributed by atoms with Crippen molar-refractivity contribution in [1.29, 1.82) is 0 Å². The zero-order chi connectivity index (χ0) is 20.1. The van der Waals surface area contributed by atoms with Crippen LogP contribution in [0.5, 0.6) is 0 Å². The molecule has 0 aliphatic carbocycles. The van der Waals surface area contributed by atoms with Gasteiger partial charge in [-0.1, -0.05) is 76.9 Å². The first kappa shape index (κ1) is 30.3. The van der Waals surface area contributed by atoms with Crippen LogP contribution >= 0.6 is 0 Å². The summed E-state index contributed by atoms with van der Waals surface area (Å²) in [5.74, 6) is 0. The quantitative estimate of drug-likeness (QED) is 0.102. The highest BCUT2D eigenvalue weighted by atomic mass is 79.9.